The van der Waals surface area contributed by atoms with Crippen LogP contribution < -0.4 is 0 Å². The largest absolute Gasteiger partial charge is 0.394 e. The van der Waals surface area contributed by atoms with Gasteiger partial charge in [0, 0.05) is 60.8 Å². The topological polar surface area (TPSA) is 74.6 Å². The Hall–Kier alpha value is 1.90. The second-order valence-corrected chi connectivity index (χ2v) is 1.34. The van der Waals surface area contributed by atoms with Crippen LogP contribution in [-0.2, 0) is 10.4 Å². The van der Waals surface area contributed by atoms with Gasteiger partial charge >= 0.3 is 10.4 Å². The van der Waals surface area contributed by atoms with E-state index in [-0.39, 0.29) is 60.8 Å². The van der Waals surface area contributed by atoms with Gasteiger partial charge in [-0.05, 0) is 0 Å². The summed E-state index contributed by atoms with van der Waals surface area (Å²) in [5.74, 6) is 0. The fourth-order valence-corrected chi connectivity index (χ4v) is 0. The fourth-order valence-electron chi connectivity index (χ4n) is 0. The van der Waals surface area contributed by atoms with E-state index in [1.165, 1.54) is 0 Å². The third-order valence-corrected chi connectivity index (χ3v) is 0. The van der Waals surface area contributed by atoms with Crippen molar-refractivity contribution in [3.05, 3.63) is 0 Å². The molecule has 0 aliphatic rings. The van der Waals surface area contributed by atoms with Gasteiger partial charge in [0.2, 0.25) is 0 Å². The number of hydrogen-bond donors (Lipinski definition) is 2. The minimum absolute atomic E-state index is 0. The molecule has 0 bridgehead atoms. The molecule has 7 heteroatoms. The van der Waals surface area contributed by atoms with E-state index in [2.05, 4.69) is 0 Å². The summed E-state index contributed by atoms with van der Waals surface area (Å²) < 4.78 is 31.6. The maximum atomic E-state index is 8.74. The Morgan fingerprint density at radius 1 is 1.14 bits per heavy atom. The third-order valence-electron chi connectivity index (χ3n) is 0. The molecule has 4 nitrogen and oxygen atoms in total. The monoisotopic (exact) mass is 162 g/mol. The Morgan fingerprint density at radius 3 is 1.14 bits per heavy atom. The van der Waals surface area contributed by atoms with Crippen LogP contribution in [0, 0.1) is 0 Å². The summed E-state index contributed by atoms with van der Waals surface area (Å²) in [7, 11) is -4.67. The molecule has 0 aliphatic carbocycles. The van der Waals surface area contributed by atoms with Crippen LogP contribution >= 0.6 is 0 Å². The first-order valence-electron chi connectivity index (χ1n) is 0.698. The van der Waals surface area contributed by atoms with Gasteiger partial charge in [-0.25, -0.2) is 0 Å². The Balaban J connectivity index is -0.0000000800. The van der Waals surface area contributed by atoms with E-state index < -0.39 is 10.4 Å². The van der Waals surface area contributed by atoms with Gasteiger partial charge in [-0.3, -0.25) is 9.11 Å². The van der Waals surface area contributed by atoms with Crippen molar-refractivity contribution < 1.29 is 17.5 Å². The Kier molecular flexibility index (Phi) is 13.7. The molecule has 0 saturated carbocycles. The van der Waals surface area contributed by atoms with E-state index in [1.807, 2.05) is 0 Å². The van der Waals surface area contributed by atoms with E-state index in [0.29, 0.717) is 0 Å². The second-order valence-electron chi connectivity index (χ2n) is 0.448. The zero-order valence-electron chi connectivity index (χ0n) is 3.53. The van der Waals surface area contributed by atoms with Gasteiger partial charge in [0.15, 0.2) is 0 Å². The molecule has 0 fully saturated rings. The van der Waals surface area contributed by atoms with Crippen molar-refractivity contribution in [3.63, 3.8) is 0 Å². The van der Waals surface area contributed by atoms with Gasteiger partial charge in [0.25, 0.3) is 0 Å². The zero-order chi connectivity index (χ0) is 4.50. The van der Waals surface area contributed by atoms with Gasteiger partial charge in [-0.2, -0.15) is 8.42 Å². The van der Waals surface area contributed by atoms with Crippen molar-refractivity contribution in [2.24, 2.45) is 0 Å². The van der Waals surface area contributed by atoms with Crippen molar-refractivity contribution in [2.75, 3.05) is 0 Å². The average molecular weight is 162 g/mol. The number of rotatable bonds is 0. The maximum Gasteiger partial charge on any atom is 0.394 e. The molecular weight excluding hydrogens is 160 g/mol. The smallest absolute Gasteiger partial charge is 0.264 e. The SMILES string of the molecule is O=S(=O)(O)O.[Ca].[Mg]. The molecule has 7 heavy (non-hydrogen) atoms. The van der Waals surface area contributed by atoms with Crippen molar-refractivity contribution in [1.29, 1.82) is 0 Å². The van der Waals surface area contributed by atoms with Crippen molar-refractivity contribution >= 4 is 71.2 Å². The Bertz CT molecular complexity index is 94.9. The third kappa shape index (κ3) is 76.4. The molecule has 0 aromatic heterocycles. The van der Waals surface area contributed by atoms with E-state index in [1.54, 1.807) is 0 Å². The maximum absolute atomic E-state index is 8.74. The first kappa shape index (κ1) is 16.0. The number of hydrogen-bond acceptors (Lipinski definition) is 2. The Labute approximate surface area is 87.4 Å². The molecule has 0 heterocycles. The van der Waals surface area contributed by atoms with Gasteiger partial charge in [-0.1, -0.05) is 0 Å². The fraction of sp³-hybridized carbons (Fsp3) is 0. The first-order valence-corrected chi connectivity index (χ1v) is 2.10. The van der Waals surface area contributed by atoms with Crippen LogP contribution in [0.1, 0.15) is 0 Å². The normalized spacial score (nSPS) is 8.29. The molecule has 0 rings (SSSR count). The summed E-state index contributed by atoms with van der Waals surface area (Å²) in [6.07, 6.45) is 0. The molecule has 4 radical (unpaired) electrons. The quantitative estimate of drug-likeness (QED) is 0.339. The van der Waals surface area contributed by atoms with E-state index in [9.17, 15) is 0 Å². The molecule has 0 amide bonds. The predicted octanol–water partition coefficient (Wildman–Crippen LogP) is -1.41. The zero-order valence-corrected chi connectivity index (χ0v) is 7.97. The van der Waals surface area contributed by atoms with Crippen LogP contribution in [0.5, 0.6) is 0 Å². The van der Waals surface area contributed by atoms with E-state index in [4.69, 9.17) is 17.5 Å². The molecule has 0 aromatic rings. The summed E-state index contributed by atoms with van der Waals surface area (Å²) in [6, 6.07) is 0. The Morgan fingerprint density at radius 2 is 1.14 bits per heavy atom. The van der Waals surface area contributed by atoms with Crippen molar-refractivity contribution in [1.82, 2.24) is 0 Å². The van der Waals surface area contributed by atoms with E-state index >= 15 is 0 Å². The minimum atomic E-state index is -4.67. The molecule has 0 aromatic carbocycles. The summed E-state index contributed by atoms with van der Waals surface area (Å²) in [6.45, 7) is 0. The van der Waals surface area contributed by atoms with E-state index in [0.717, 1.165) is 0 Å². The summed E-state index contributed by atoms with van der Waals surface area (Å²) in [5.41, 5.74) is 0. The van der Waals surface area contributed by atoms with Crippen LogP contribution in [-0.4, -0.2) is 78.3 Å². The van der Waals surface area contributed by atoms with Crippen molar-refractivity contribution in [3.8, 4) is 0 Å². The molecule has 0 spiro atoms. The summed E-state index contributed by atoms with van der Waals surface area (Å²) in [5, 5.41) is 0. The summed E-state index contributed by atoms with van der Waals surface area (Å²) >= 11 is 0. The standard InChI is InChI=1S/Ca.Mg.H2O4S/c;;1-5(2,3)4/h;;(H2,1,2,3,4). The van der Waals surface area contributed by atoms with Crippen molar-refractivity contribution in [2.45, 2.75) is 0 Å². The van der Waals surface area contributed by atoms with Crippen LogP contribution in [0.15, 0.2) is 0 Å². The first-order chi connectivity index (χ1) is 2.00. The van der Waals surface area contributed by atoms with Crippen LogP contribution in [0.3, 0.4) is 0 Å². The van der Waals surface area contributed by atoms with Gasteiger partial charge in [0.05, 0.1) is 0 Å². The molecule has 0 unspecified atom stereocenters. The minimum Gasteiger partial charge on any atom is -0.264 e. The average Bonchev–Trinajstić information content (AvgIpc) is 0.722. The second kappa shape index (κ2) is 6.02. The molecule has 2 N–H and O–H groups in total. The van der Waals surface area contributed by atoms with Crippen LogP contribution in [0.4, 0.5) is 0 Å². The van der Waals surface area contributed by atoms with Gasteiger partial charge < -0.3 is 0 Å². The molecule has 0 aliphatic heterocycles. The molecular formula is H2CaMgO4S. The van der Waals surface area contributed by atoms with Crippen LogP contribution in [0.25, 0.3) is 0 Å². The van der Waals surface area contributed by atoms with Crippen LogP contribution in [0.2, 0.25) is 0 Å². The summed E-state index contributed by atoms with van der Waals surface area (Å²) in [4.78, 5) is 0. The van der Waals surface area contributed by atoms with Gasteiger partial charge in [0.1, 0.15) is 0 Å². The molecule has 0 atom stereocenters. The predicted molar refractivity (Wildman–Crippen MR) is 25.7 cm³/mol. The molecule has 36 valence electrons. The van der Waals surface area contributed by atoms with Gasteiger partial charge in [-0.15, -0.1) is 0 Å². The molecule has 0 saturated heterocycles.